The van der Waals surface area contributed by atoms with Crippen LogP contribution in [0.2, 0.25) is 0 Å². The summed E-state index contributed by atoms with van der Waals surface area (Å²) in [4.78, 5) is 25.0. The van der Waals surface area contributed by atoms with Crippen molar-refractivity contribution in [1.29, 1.82) is 0 Å². The second kappa shape index (κ2) is 7.35. The molecule has 0 saturated heterocycles. The molecule has 3 aromatic heterocycles. The Morgan fingerprint density at radius 1 is 0.926 bits per heavy atom. The van der Waals surface area contributed by atoms with E-state index in [9.17, 15) is 9.90 Å². The molecular formula is C20H14N4O2S. The fourth-order valence-electron chi connectivity index (χ4n) is 2.51. The van der Waals surface area contributed by atoms with E-state index in [-0.39, 0.29) is 10.8 Å². The first-order valence-corrected chi connectivity index (χ1v) is 8.95. The van der Waals surface area contributed by atoms with Gasteiger partial charge in [-0.15, -0.1) is 11.3 Å². The van der Waals surface area contributed by atoms with E-state index in [1.54, 1.807) is 30.7 Å². The Hall–Kier alpha value is -3.58. The van der Waals surface area contributed by atoms with Crippen LogP contribution in [0.25, 0.3) is 21.7 Å². The number of hydrogen-bond donors (Lipinski definition) is 2. The Kier molecular flexibility index (Phi) is 4.59. The van der Waals surface area contributed by atoms with Crippen LogP contribution >= 0.6 is 11.3 Å². The molecular weight excluding hydrogens is 360 g/mol. The van der Waals surface area contributed by atoms with Crippen LogP contribution in [0.3, 0.4) is 0 Å². The minimum Gasteiger partial charge on any atom is -0.492 e. The van der Waals surface area contributed by atoms with Gasteiger partial charge in [-0.05, 0) is 29.8 Å². The van der Waals surface area contributed by atoms with Crippen molar-refractivity contribution in [2.45, 2.75) is 0 Å². The van der Waals surface area contributed by atoms with Crippen LogP contribution < -0.4 is 5.32 Å². The van der Waals surface area contributed by atoms with Gasteiger partial charge < -0.3 is 10.4 Å². The van der Waals surface area contributed by atoms with Crippen molar-refractivity contribution in [3.8, 4) is 27.6 Å². The lowest BCUT2D eigenvalue weighted by molar-refractivity contribution is 0.102. The number of carbonyl (C=O) groups excluding carboxylic acids is 1. The number of amides is 1. The fourth-order valence-corrected chi connectivity index (χ4v) is 3.36. The van der Waals surface area contributed by atoms with Crippen LogP contribution in [0.15, 0.2) is 73.2 Å². The largest absolute Gasteiger partial charge is 0.492 e. The van der Waals surface area contributed by atoms with E-state index in [2.05, 4.69) is 20.3 Å². The van der Waals surface area contributed by atoms with Crippen molar-refractivity contribution in [2.24, 2.45) is 0 Å². The van der Waals surface area contributed by atoms with Crippen LogP contribution in [-0.4, -0.2) is 26.0 Å². The van der Waals surface area contributed by atoms with E-state index < -0.39 is 5.91 Å². The molecule has 0 aliphatic heterocycles. The predicted octanol–water partition coefficient (Wildman–Crippen LogP) is 4.23. The molecule has 0 saturated carbocycles. The summed E-state index contributed by atoms with van der Waals surface area (Å²) in [7, 11) is 0. The molecule has 0 bridgehead atoms. The number of hydrogen-bond acceptors (Lipinski definition) is 6. The maximum absolute atomic E-state index is 12.5. The minimum absolute atomic E-state index is 0.128. The molecule has 0 unspecified atom stereocenters. The van der Waals surface area contributed by atoms with Crippen LogP contribution in [0.5, 0.6) is 5.88 Å². The van der Waals surface area contributed by atoms with Crippen molar-refractivity contribution >= 4 is 23.1 Å². The van der Waals surface area contributed by atoms with Gasteiger partial charge in [0.25, 0.3) is 5.91 Å². The van der Waals surface area contributed by atoms with Gasteiger partial charge in [-0.3, -0.25) is 9.78 Å². The highest BCUT2D eigenvalue weighted by molar-refractivity contribution is 7.17. The second-order valence-electron chi connectivity index (χ2n) is 5.67. The van der Waals surface area contributed by atoms with Crippen molar-refractivity contribution in [3.63, 3.8) is 0 Å². The van der Waals surface area contributed by atoms with Crippen LogP contribution in [0.1, 0.15) is 9.67 Å². The summed E-state index contributed by atoms with van der Waals surface area (Å²) in [6.07, 6.45) is 4.97. The summed E-state index contributed by atoms with van der Waals surface area (Å²) in [5.74, 6) is -0.368. The van der Waals surface area contributed by atoms with Gasteiger partial charge in [-0.1, -0.05) is 30.3 Å². The summed E-state index contributed by atoms with van der Waals surface area (Å²) in [6.45, 7) is 0. The molecule has 4 aromatic rings. The number of pyridine rings is 2. The first kappa shape index (κ1) is 16.9. The molecule has 7 heteroatoms. The Balaban J connectivity index is 1.52. The molecule has 0 aliphatic rings. The third kappa shape index (κ3) is 3.68. The van der Waals surface area contributed by atoms with Crippen molar-refractivity contribution in [3.05, 3.63) is 78.1 Å². The molecule has 0 aliphatic carbocycles. The fraction of sp³-hybridized carbons (Fsp3) is 0. The van der Waals surface area contributed by atoms with Crippen molar-refractivity contribution < 1.29 is 9.90 Å². The van der Waals surface area contributed by atoms with E-state index in [4.69, 9.17) is 0 Å². The van der Waals surface area contributed by atoms with Gasteiger partial charge in [-0.2, -0.15) is 0 Å². The van der Waals surface area contributed by atoms with Gasteiger partial charge in [0.15, 0.2) is 4.88 Å². The highest BCUT2D eigenvalue weighted by Crippen LogP contribution is 2.31. The Labute approximate surface area is 159 Å². The second-order valence-corrected chi connectivity index (χ2v) is 6.66. The highest BCUT2D eigenvalue weighted by atomic mass is 32.1. The summed E-state index contributed by atoms with van der Waals surface area (Å²) in [5.41, 5.74) is 2.74. The van der Waals surface area contributed by atoms with Gasteiger partial charge in [0.05, 0.1) is 0 Å². The van der Waals surface area contributed by atoms with Crippen molar-refractivity contribution in [1.82, 2.24) is 15.0 Å². The third-order valence-electron chi connectivity index (χ3n) is 3.84. The van der Waals surface area contributed by atoms with Gasteiger partial charge in [-0.25, -0.2) is 9.97 Å². The van der Waals surface area contributed by atoms with E-state index in [0.29, 0.717) is 10.8 Å². The predicted molar refractivity (Wildman–Crippen MR) is 105 cm³/mol. The maximum atomic E-state index is 12.5. The minimum atomic E-state index is -0.458. The van der Waals surface area contributed by atoms with Crippen molar-refractivity contribution in [2.75, 3.05) is 5.32 Å². The zero-order valence-corrected chi connectivity index (χ0v) is 14.9. The number of aromatic hydroxyl groups is 1. The molecule has 4 rings (SSSR count). The molecule has 1 amide bonds. The SMILES string of the molecule is O=C(Nc1ccc(-c2ccccc2)cn1)c1sc(-c2cccnc2)nc1O. The van der Waals surface area contributed by atoms with Crippen LogP contribution in [0, 0.1) is 0 Å². The number of rotatable bonds is 4. The molecule has 0 radical (unpaired) electrons. The average molecular weight is 374 g/mol. The molecule has 132 valence electrons. The van der Waals surface area contributed by atoms with Gasteiger partial charge in [0, 0.05) is 29.7 Å². The van der Waals surface area contributed by atoms with Crippen LogP contribution in [0.4, 0.5) is 5.82 Å². The molecule has 3 heterocycles. The van der Waals surface area contributed by atoms with E-state index in [1.165, 1.54) is 0 Å². The zero-order valence-electron chi connectivity index (χ0n) is 14.0. The average Bonchev–Trinajstić information content (AvgIpc) is 3.12. The number of aromatic nitrogens is 3. The number of nitrogens with one attached hydrogen (secondary N) is 1. The van der Waals surface area contributed by atoms with Gasteiger partial charge in [0.2, 0.25) is 5.88 Å². The monoisotopic (exact) mass is 374 g/mol. The summed E-state index contributed by atoms with van der Waals surface area (Å²) in [6, 6.07) is 17.0. The normalized spacial score (nSPS) is 10.5. The first-order valence-electron chi connectivity index (χ1n) is 8.14. The highest BCUT2D eigenvalue weighted by Gasteiger charge is 2.19. The van der Waals surface area contributed by atoms with Crippen LogP contribution in [-0.2, 0) is 0 Å². The number of nitrogens with zero attached hydrogens (tertiary/aromatic N) is 3. The molecule has 6 nitrogen and oxygen atoms in total. The molecule has 1 aromatic carbocycles. The lowest BCUT2D eigenvalue weighted by Crippen LogP contribution is -2.11. The number of anilines is 1. The summed E-state index contributed by atoms with van der Waals surface area (Å²) in [5, 5.41) is 13.2. The standard InChI is InChI=1S/C20H14N4O2S/c25-18(17-19(26)24-20(27-17)15-7-4-10-21-11-15)23-16-9-8-14(12-22-16)13-5-2-1-3-6-13/h1-12,26H,(H,22,23,25). The molecule has 0 atom stereocenters. The zero-order chi connectivity index (χ0) is 18.6. The lowest BCUT2D eigenvalue weighted by Gasteiger charge is -2.05. The van der Waals surface area contributed by atoms with Gasteiger partial charge >= 0.3 is 0 Å². The number of carbonyl (C=O) groups is 1. The lowest BCUT2D eigenvalue weighted by atomic mass is 10.1. The Morgan fingerprint density at radius 3 is 2.44 bits per heavy atom. The third-order valence-corrected chi connectivity index (χ3v) is 4.93. The molecule has 0 spiro atoms. The summed E-state index contributed by atoms with van der Waals surface area (Å²) >= 11 is 1.10. The van der Waals surface area contributed by atoms with E-state index in [1.807, 2.05) is 42.5 Å². The quantitative estimate of drug-likeness (QED) is 0.558. The van der Waals surface area contributed by atoms with E-state index >= 15 is 0 Å². The first-order chi connectivity index (χ1) is 13.2. The van der Waals surface area contributed by atoms with Gasteiger partial charge in [0.1, 0.15) is 10.8 Å². The summed E-state index contributed by atoms with van der Waals surface area (Å²) < 4.78 is 0. The molecule has 2 N–H and O–H groups in total. The molecule has 0 fully saturated rings. The van der Waals surface area contributed by atoms with E-state index in [0.717, 1.165) is 28.0 Å². The molecule has 27 heavy (non-hydrogen) atoms. The number of thiazole rings is 1. The smallest absolute Gasteiger partial charge is 0.272 e. The Morgan fingerprint density at radius 2 is 1.74 bits per heavy atom. The maximum Gasteiger partial charge on any atom is 0.272 e. The number of benzene rings is 1. The Bertz CT molecular complexity index is 1060. The topological polar surface area (TPSA) is 88.0 Å².